The number of pyridine rings is 1. The van der Waals surface area contributed by atoms with E-state index in [1.807, 2.05) is 6.92 Å². The number of H-pyrrole nitrogens is 1. The molecule has 1 unspecified atom stereocenters. The molecule has 0 saturated heterocycles. The van der Waals surface area contributed by atoms with E-state index in [1.54, 1.807) is 0 Å². The van der Waals surface area contributed by atoms with Crippen molar-refractivity contribution >= 4 is 16.9 Å². The molecule has 2 N–H and O–H groups in total. The van der Waals surface area contributed by atoms with Gasteiger partial charge in [0.25, 0.3) is 5.56 Å². The average molecular weight is 366 g/mol. The van der Waals surface area contributed by atoms with Gasteiger partial charge in [0.05, 0.1) is 18.5 Å². The van der Waals surface area contributed by atoms with Gasteiger partial charge in [-0.15, -0.1) is 0 Å². The standard InChI is InChI=1S/C21H22N2O4/c1-9-6-14-13(12(4)11(9)3)7-15-18-16(10(2)8-23(14)15)19(24)17(20(25)22-18)21(26)27-5/h6-7,10H,8H2,1-5H3,(H2,22,24,25). The van der Waals surface area contributed by atoms with Crippen molar-refractivity contribution in [1.29, 1.82) is 0 Å². The molecule has 6 heteroatoms. The third-order valence-electron chi connectivity index (χ3n) is 5.87. The third-order valence-corrected chi connectivity index (χ3v) is 5.87. The molecule has 140 valence electrons. The normalized spacial score (nSPS) is 15.5. The Balaban J connectivity index is 2.09. The number of methoxy groups -OCH3 is 1. The minimum atomic E-state index is -0.836. The van der Waals surface area contributed by atoms with Crippen LogP contribution in [0.4, 0.5) is 0 Å². The quantitative estimate of drug-likeness (QED) is 0.645. The van der Waals surface area contributed by atoms with E-state index >= 15 is 0 Å². The highest BCUT2D eigenvalue weighted by Crippen LogP contribution is 2.43. The number of ether oxygens (including phenoxy) is 1. The Hall–Kier alpha value is -3.02. The van der Waals surface area contributed by atoms with Crippen LogP contribution in [-0.4, -0.2) is 27.7 Å². The van der Waals surface area contributed by atoms with Gasteiger partial charge in [0.15, 0.2) is 5.56 Å². The Kier molecular flexibility index (Phi) is 3.70. The molecule has 0 bridgehead atoms. The zero-order chi connectivity index (χ0) is 19.6. The number of aryl methyl sites for hydroxylation is 2. The molecule has 1 aromatic carbocycles. The Morgan fingerprint density at radius 3 is 2.63 bits per heavy atom. The predicted molar refractivity (Wildman–Crippen MR) is 104 cm³/mol. The van der Waals surface area contributed by atoms with Crippen LogP contribution in [0.1, 0.15) is 45.5 Å². The maximum atomic E-state index is 12.5. The number of hydrogen-bond acceptors (Lipinski definition) is 4. The lowest BCUT2D eigenvalue weighted by atomic mass is 9.92. The topological polar surface area (TPSA) is 84.3 Å². The molecule has 2 aromatic heterocycles. The highest BCUT2D eigenvalue weighted by Gasteiger charge is 2.32. The minimum absolute atomic E-state index is 0.0785. The summed E-state index contributed by atoms with van der Waals surface area (Å²) in [4.78, 5) is 27.3. The molecule has 0 amide bonds. The number of rotatable bonds is 1. The number of carbonyl (C=O) groups excluding carboxylic acids is 1. The van der Waals surface area contributed by atoms with E-state index in [4.69, 9.17) is 0 Å². The van der Waals surface area contributed by atoms with Crippen LogP contribution in [0.25, 0.3) is 22.3 Å². The number of nitrogens with one attached hydrogen (secondary N) is 1. The van der Waals surface area contributed by atoms with Crippen LogP contribution < -0.4 is 5.56 Å². The van der Waals surface area contributed by atoms with Crippen molar-refractivity contribution in [2.75, 3.05) is 7.11 Å². The number of aromatic amines is 1. The van der Waals surface area contributed by atoms with Gasteiger partial charge in [-0.05, 0) is 49.6 Å². The second kappa shape index (κ2) is 5.74. The number of esters is 1. The van der Waals surface area contributed by atoms with Crippen LogP contribution in [0.5, 0.6) is 5.75 Å². The van der Waals surface area contributed by atoms with Crippen LogP contribution in [0.2, 0.25) is 0 Å². The van der Waals surface area contributed by atoms with Crippen molar-refractivity contribution in [1.82, 2.24) is 9.55 Å². The van der Waals surface area contributed by atoms with Crippen molar-refractivity contribution in [3.05, 3.63) is 50.3 Å². The molecule has 4 rings (SSSR count). The molecule has 0 aliphatic carbocycles. The summed E-state index contributed by atoms with van der Waals surface area (Å²) in [5.74, 6) is -1.20. The van der Waals surface area contributed by atoms with Crippen LogP contribution in [0.15, 0.2) is 16.9 Å². The van der Waals surface area contributed by atoms with Crippen molar-refractivity contribution in [2.24, 2.45) is 0 Å². The smallest absolute Gasteiger partial charge is 0.347 e. The first-order valence-corrected chi connectivity index (χ1v) is 8.94. The van der Waals surface area contributed by atoms with Crippen molar-refractivity contribution in [3.63, 3.8) is 0 Å². The van der Waals surface area contributed by atoms with Gasteiger partial charge in [-0.3, -0.25) is 4.79 Å². The molecule has 3 aromatic rings. The highest BCUT2D eigenvalue weighted by molar-refractivity contribution is 5.95. The zero-order valence-corrected chi connectivity index (χ0v) is 16.1. The van der Waals surface area contributed by atoms with Gasteiger partial charge in [0.2, 0.25) is 0 Å². The maximum Gasteiger partial charge on any atom is 0.347 e. The van der Waals surface area contributed by atoms with Gasteiger partial charge in [-0.1, -0.05) is 6.92 Å². The lowest BCUT2D eigenvalue weighted by Gasteiger charge is -2.26. The minimum Gasteiger partial charge on any atom is -0.506 e. The number of benzene rings is 1. The SMILES string of the molecule is COC(=O)c1c(O)c2c([nH]c1=O)-c1cc3c(C)c(C)c(C)cc3n1CC2C. The monoisotopic (exact) mass is 366 g/mol. The van der Waals surface area contributed by atoms with Crippen LogP contribution in [-0.2, 0) is 11.3 Å². The van der Waals surface area contributed by atoms with E-state index in [-0.39, 0.29) is 17.2 Å². The summed E-state index contributed by atoms with van der Waals surface area (Å²) in [6.45, 7) is 8.92. The molecule has 3 heterocycles. The van der Waals surface area contributed by atoms with Crippen LogP contribution >= 0.6 is 0 Å². The lowest BCUT2D eigenvalue weighted by molar-refractivity contribution is 0.0595. The van der Waals surface area contributed by atoms with Crippen LogP contribution in [0, 0.1) is 20.8 Å². The number of hydrogen-bond donors (Lipinski definition) is 2. The Labute approximate surface area is 156 Å². The van der Waals surface area contributed by atoms with Crippen molar-refractivity contribution < 1.29 is 14.6 Å². The molecule has 27 heavy (non-hydrogen) atoms. The summed E-state index contributed by atoms with van der Waals surface area (Å²) in [5, 5.41) is 11.8. The van der Waals surface area contributed by atoms with E-state index < -0.39 is 11.5 Å². The van der Waals surface area contributed by atoms with E-state index in [0.717, 1.165) is 16.6 Å². The molecule has 1 aliphatic heterocycles. The van der Waals surface area contributed by atoms with Gasteiger partial charge in [-0.2, -0.15) is 0 Å². The van der Waals surface area contributed by atoms with Gasteiger partial charge in [-0.25, -0.2) is 4.79 Å². The number of carbonyl (C=O) groups is 1. The van der Waals surface area contributed by atoms with E-state index in [9.17, 15) is 14.7 Å². The first-order chi connectivity index (χ1) is 12.8. The van der Waals surface area contributed by atoms with Gasteiger partial charge >= 0.3 is 5.97 Å². The molecule has 0 radical (unpaired) electrons. The van der Waals surface area contributed by atoms with Gasteiger partial charge in [0, 0.05) is 28.9 Å². The Bertz CT molecular complexity index is 1180. The maximum absolute atomic E-state index is 12.5. The number of fused-ring (bicyclic) bond motifs is 5. The first-order valence-electron chi connectivity index (χ1n) is 8.94. The fourth-order valence-corrected chi connectivity index (χ4v) is 4.18. The molecule has 0 saturated carbocycles. The lowest BCUT2D eigenvalue weighted by Crippen LogP contribution is -2.25. The van der Waals surface area contributed by atoms with Crippen molar-refractivity contribution in [2.45, 2.75) is 40.2 Å². The summed E-state index contributed by atoms with van der Waals surface area (Å²) in [6, 6.07) is 4.22. The second-order valence-corrected chi connectivity index (χ2v) is 7.38. The summed E-state index contributed by atoms with van der Waals surface area (Å²) in [6.07, 6.45) is 0. The number of aromatic hydroxyl groups is 1. The molecular formula is C21H22N2O4. The highest BCUT2D eigenvalue weighted by atomic mass is 16.5. The summed E-state index contributed by atoms with van der Waals surface area (Å²) < 4.78 is 6.84. The van der Waals surface area contributed by atoms with E-state index in [0.29, 0.717) is 17.8 Å². The second-order valence-electron chi connectivity index (χ2n) is 7.38. The first kappa shape index (κ1) is 17.4. The molecule has 1 atom stereocenters. The number of aromatic nitrogens is 2. The molecular weight excluding hydrogens is 344 g/mol. The Morgan fingerprint density at radius 1 is 1.26 bits per heavy atom. The number of nitrogens with zero attached hydrogens (tertiary/aromatic N) is 1. The molecule has 0 fully saturated rings. The third kappa shape index (κ3) is 2.25. The van der Waals surface area contributed by atoms with Crippen molar-refractivity contribution in [3.8, 4) is 17.1 Å². The Morgan fingerprint density at radius 2 is 1.96 bits per heavy atom. The predicted octanol–water partition coefficient (Wildman–Crippen LogP) is 3.53. The average Bonchev–Trinajstić information content (AvgIpc) is 2.98. The zero-order valence-electron chi connectivity index (χ0n) is 16.1. The summed E-state index contributed by atoms with van der Waals surface area (Å²) >= 11 is 0. The summed E-state index contributed by atoms with van der Waals surface area (Å²) in [7, 11) is 1.19. The van der Waals surface area contributed by atoms with E-state index in [2.05, 4.69) is 47.2 Å². The summed E-state index contributed by atoms with van der Waals surface area (Å²) in [5.41, 5.74) is 5.79. The molecule has 1 aliphatic rings. The molecule has 0 spiro atoms. The van der Waals surface area contributed by atoms with E-state index in [1.165, 1.54) is 23.8 Å². The van der Waals surface area contributed by atoms with Gasteiger partial charge in [0.1, 0.15) is 5.75 Å². The fourth-order valence-electron chi connectivity index (χ4n) is 4.18. The molecule has 6 nitrogen and oxygen atoms in total. The van der Waals surface area contributed by atoms with Crippen LogP contribution in [0.3, 0.4) is 0 Å². The van der Waals surface area contributed by atoms with Gasteiger partial charge < -0.3 is 19.4 Å². The fraction of sp³-hybridized carbons (Fsp3) is 0.333. The largest absolute Gasteiger partial charge is 0.506 e.